The van der Waals surface area contributed by atoms with Gasteiger partial charge in [-0.3, -0.25) is 9.59 Å². The SMILES string of the molecule is CCCCCCCCOC(=O)C(C(=O)c1c(OC)cccc1OC)C1CCCCC1.O=[PH2+]. The fourth-order valence-electron chi connectivity index (χ4n) is 4.38. The molecular formula is C25H40O6P+. The van der Waals surface area contributed by atoms with Crippen molar-refractivity contribution in [1.82, 2.24) is 0 Å². The average molecular weight is 468 g/mol. The van der Waals surface area contributed by atoms with Gasteiger partial charge >= 0.3 is 15.1 Å². The monoisotopic (exact) mass is 467 g/mol. The summed E-state index contributed by atoms with van der Waals surface area (Å²) < 4.78 is 24.6. The summed E-state index contributed by atoms with van der Waals surface area (Å²) in [5.41, 5.74) is 0.342. The molecule has 1 fully saturated rings. The molecule has 0 bridgehead atoms. The van der Waals surface area contributed by atoms with Gasteiger partial charge in [-0.25, -0.2) is 0 Å². The smallest absolute Gasteiger partial charge is 0.317 e. The maximum atomic E-state index is 13.6. The third-order valence-corrected chi connectivity index (χ3v) is 6.07. The molecule has 0 heterocycles. The van der Waals surface area contributed by atoms with Crippen LogP contribution in [0.5, 0.6) is 11.5 Å². The first kappa shape index (κ1) is 28.1. The zero-order valence-corrected chi connectivity index (χ0v) is 21.1. The van der Waals surface area contributed by atoms with Crippen LogP contribution >= 0.6 is 9.12 Å². The van der Waals surface area contributed by atoms with E-state index in [-0.39, 0.29) is 11.7 Å². The summed E-state index contributed by atoms with van der Waals surface area (Å²) in [6, 6.07) is 5.24. The van der Waals surface area contributed by atoms with Crippen molar-refractivity contribution >= 4 is 20.9 Å². The van der Waals surface area contributed by atoms with E-state index in [0.717, 1.165) is 51.4 Å². The molecule has 2 atom stereocenters. The number of esters is 1. The number of ether oxygens (including phenoxy) is 3. The van der Waals surface area contributed by atoms with Crippen LogP contribution in [0, 0.1) is 11.8 Å². The van der Waals surface area contributed by atoms with Gasteiger partial charge in [0.15, 0.2) is 5.78 Å². The highest BCUT2D eigenvalue weighted by Gasteiger charge is 2.39. The highest BCUT2D eigenvalue weighted by atomic mass is 31.0. The lowest BCUT2D eigenvalue weighted by Gasteiger charge is -2.28. The predicted molar refractivity (Wildman–Crippen MR) is 129 cm³/mol. The van der Waals surface area contributed by atoms with Gasteiger partial charge in [0.05, 0.1) is 20.8 Å². The molecule has 1 saturated carbocycles. The Morgan fingerprint density at radius 1 is 0.938 bits per heavy atom. The van der Waals surface area contributed by atoms with Gasteiger partial charge in [-0.05, 0) is 37.3 Å². The fraction of sp³-hybridized carbons (Fsp3) is 0.680. The molecule has 1 aliphatic carbocycles. The molecule has 6 nitrogen and oxygen atoms in total. The Labute approximate surface area is 195 Å². The summed E-state index contributed by atoms with van der Waals surface area (Å²) in [6.07, 6.45) is 11.7. The lowest BCUT2D eigenvalue weighted by atomic mass is 9.76. The molecule has 1 aromatic carbocycles. The van der Waals surface area contributed by atoms with Crippen LogP contribution in [-0.4, -0.2) is 32.6 Å². The molecule has 0 N–H and O–H groups in total. The van der Waals surface area contributed by atoms with E-state index in [1.165, 1.54) is 42.6 Å². The maximum absolute atomic E-state index is 13.6. The lowest BCUT2D eigenvalue weighted by Crippen LogP contribution is -2.35. The molecule has 1 aliphatic rings. The lowest BCUT2D eigenvalue weighted by molar-refractivity contribution is -0.149. The first-order valence-corrected chi connectivity index (χ1v) is 12.3. The van der Waals surface area contributed by atoms with Gasteiger partial charge < -0.3 is 14.2 Å². The molecular weight excluding hydrogens is 427 g/mol. The largest absolute Gasteiger partial charge is 0.496 e. The van der Waals surface area contributed by atoms with Crippen molar-refractivity contribution < 1.29 is 28.4 Å². The van der Waals surface area contributed by atoms with Crippen molar-refractivity contribution in [3.8, 4) is 11.5 Å². The van der Waals surface area contributed by atoms with Crippen LogP contribution in [0.3, 0.4) is 0 Å². The summed E-state index contributed by atoms with van der Waals surface area (Å²) in [6.45, 7) is 2.57. The minimum absolute atomic E-state index is 0.0120. The van der Waals surface area contributed by atoms with Crippen LogP contribution in [0.15, 0.2) is 18.2 Å². The van der Waals surface area contributed by atoms with E-state index in [1.54, 1.807) is 18.2 Å². The van der Waals surface area contributed by atoms with Gasteiger partial charge in [-0.2, -0.15) is 0 Å². The molecule has 7 heteroatoms. The summed E-state index contributed by atoms with van der Waals surface area (Å²) in [7, 11) is 4.22. The third-order valence-electron chi connectivity index (χ3n) is 6.07. The second kappa shape index (κ2) is 16.7. The molecule has 0 radical (unpaired) electrons. The summed E-state index contributed by atoms with van der Waals surface area (Å²) >= 11 is 0. The summed E-state index contributed by atoms with van der Waals surface area (Å²) in [5.74, 6) is -0.557. The van der Waals surface area contributed by atoms with Crippen molar-refractivity contribution in [2.75, 3.05) is 20.8 Å². The van der Waals surface area contributed by atoms with Crippen LogP contribution < -0.4 is 9.47 Å². The molecule has 2 unspecified atom stereocenters. The van der Waals surface area contributed by atoms with Gasteiger partial charge in [0, 0.05) is 0 Å². The minimum Gasteiger partial charge on any atom is -0.496 e. The first-order chi connectivity index (χ1) is 15.6. The maximum Gasteiger partial charge on any atom is 0.317 e. The number of rotatable bonds is 13. The van der Waals surface area contributed by atoms with Crippen LogP contribution in [0.2, 0.25) is 0 Å². The number of unbranched alkanes of at least 4 members (excludes halogenated alkanes) is 5. The van der Waals surface area contributed by atoms with E-state index in [4.69, 9.17) is 18.8 Å². The quantitative estimate of drug-likeness (QED) is 0.113. The van der Waals surface area contributed by atoms with Crippen molar-refractivity contribution in [1.29, 1.82) is 0 Å². The number of carbonyl (C=O) groups excluding carboxylic acids is 2. The Bertz CT molecular complexity index is 665. The molecule has 1 aromatic rings. The third kappa shape index (κ3) is 8.54. The second-order valence-corrected chi connectivity index (χ2v) is 8.21. The number of carbonyl (C=O) groups is 2. The van der Waals surface area contributed by atoms with Gasteiger partial charge in [0.1, 0.15) is 23.0 Å². The Morgan fingerprint density at radius 2 is 1.50 bits per heavy atom. The summed E-state index contributed by atoms with van der Waals surface area (Å²) in [4.78, 5) is 26.7. The van der Waals surface area contributed by atoms with Gasteiger partial charge in [-0.1, -0.05) is 68.9 Å². The first-order valence-electron chi connectivity index (χ1n) is 11.8. The van der Waals surface area contributed by atoms with Crippen molar-refractivity contribution in [3.05, 3.63) is 23.8 Å². The molecule has 0 saturated heterocycles. The topological polar surface area (TPSA) is 78.9 Å². The number of hydrogen-bond acceptors (Lipinski definition) is 6. The Hall–Kier alpha value is -1.94. The zero-order chi connectivity index (χ0) is 23.8. The number of methoxy groups -OCH3 is 2. The van der Waals surface area contributed by atoms with E-state index in [9.17, 15) is 9.59 Å². The van der Waals surface area contributed by atoms with E-state index in [1.807, 2.05) is 0 Å². The predicted octanol–water partition coefficient (Wildman–Crippen LogP) is 6.19. The van der Waals surface area contributed by atoms with E-state index >= 15 is 0 Å². The number of hydrogen-bond donors (Lipinski definition) is 0. The molecule has 0 aliphatic heterocycles. The van der Waals surface area contributed by atoms with Crippen LogP contribution in [0.25, 0.3) is 0 Å². The molecule has 0 aromatic heterocycles. The zero-order valence-electron chi connectivity index (χ0n) is 19.9. The Balaban J connectivity index is 0.00000249. The fourth-order valence-corrected chi connectivity index (χ4v) is 4.38. The van der Waals surface area contributed by atoms with E-state index < -0.39 is 11.9 Å². The van der Waals surface area contributed by atoms with Crippen molar-refractivity contribution in [2.45, 2.75) is 77.6 Å². The second-order valence-electron chi connectivity index (χ2n) is 8.21. The molecule has 180 valence electrons. The molecule has 2 rings (SSSR count). The van der Waals surface area contributed by atoms with Crippen LogP contribution in [0.1, 0.15) is 87.9 Å². The molecule has 0 amide bonds. The van der Waals surface area contributed by atoms with Crippen LogP contribution in [-0.2, 0) is 14.1 Å². The summed E-state index contributed by atoms with van der Waals surface area (Å²) in [5, 5.41) is 0. The Kier molecular flexibility index (Phi) is 14.6. The highest BCUT2D eigenvalue weighted by Crippen LogP contribution is 2.37. The van der Waals surface area contributed by atoms with Crippen molar-refractivity contribution in [3.63, 3.8) is 0 Å². The standard InChI is InChI=1S/C25H38O5.H2OP/c1-4-5-6-7-8-12-18-30-25(27)22(19-14-10-9-11-15-19)24(26)23-20(28-2)16-13-17-21(23)29-3;1-2/h13,16-17,19,22H,4-12,14-15,18H2,1-3H3;2H2/q;+1. The van der Waals surface area contributed by atoms with Gasteiger partial charge in [0.2, 0.25) is 0 Å². The van der Waals surface area contributed by atoms with Crippen LogP contribution in [0.4, 0.5) is 0 Å². The molecule has 0 spiro atoms. The van der Waals surface area contributed by atoms with Crippen molar-refractivity contribution in [2.24, 2.45) is 11.8 Å². The van der Waals surface area contributed by atoms with Gasteiger partial charge in [-0.15, -0.1) is 0 Å². The minimum atomic E-state index is -0.796. The number of ketones is 1. The van der Waals surface area contributed by atoms with Gasteiger partial charge in [0.25, 0.3) is 0 Å². The Morgan fingerprint density at radius 3 is 2.06 bits per heavy atom. The number of benzene rings is 1. The molecule has 32 heavy (non-hydrogen) atoms. The average Bonchev–Trinajstić information content (AvgIpc) is 2.84. The normalized spacial score (nSPS) is 14.6. The van der Waals surface area contributed by atoms with E-state index in [0.29, 0.717) is 23.7 Å². The highest BCUT2D eigenvalue weighted by molar-refractivity contribution is 7.00. The number of Topliss-reactive ketones (excluding diaryl/α,β-unsaturated/α-hetero) is 1. The van der Waals surface area contributed by atoms with E-state index in [2.05, 4.69) is 6.92 Å².